The minimum atomic E-state index is 0.186. The van der Waals surface area contributed by atoms with E-state index in [1.807, 2.05) is 40.9 Å². The minimum Gasteiger partial charge on any atom is -0.398 e. The zero-order valence-corrected chi connectivity index (χ0v) is 11.9. The Morgan fingerprint density at radius 2 is 2.05 bits per heavy atom. The van der Waals surface area contributed by atoms with E-state index in [0.29, 0.717) is 12.5 Å². The van der Waals surface area contributed by atoms with E-state index in [0.717, 1.165) is 35.9 Å². The topological polar surface area (TPSA) is 46.3 Å². The van der Waals surface area contributed by atoms with Crippen molar-refractivity contribution in [3.05, 3.63) is 29.8 Å². The zero-order chi connectivity index (χ0) is 13.2. The van der Waals surface area contributed by atoms with E-state index in [1.165, 1.54) is 12.8 Å². The summed E-state index contributed by atoms with van der Waals surface area (Å²) in [5.41, 5.74) is 7.78. The molecule has 1 aliphatic carbocycles. The van der Waals surface area contributed by atoms with Crippen LogP contribution in [0.15, 0.2) is 24.3 Å². The molecule has 2 N–H and O–H groups in total. The van der Waals surface area contributed by atoms with Crippen molar-refractivity contribution in [2.45, 2.75) is 31.1 Å². The number of thioether (sulfide) groups is 1. The average molecular weight is 276 g/mol. The first-order chi connectivity index (χ1) is 9.24. The van der Waals surface area contributed by atoms with Crippen LogP contribution in [-0.2, 0) is 11.3 Å². The molecule has 1 unspecified atom stereocenters. The van der Waals surface area contributed by atoms with Gasteiger partial charge in [0.25, 0.3) is 0 Å². The lowest BCUT2D eigenvalue weighted by atomic mass is 10.2. The highest BCUT2D eigenvalue weighted by Crippen LogP contribution is 2.36. The average Bonchev–Trinajstić information content (AvgIpc) is 3.17. The second-order valence-corrected chi connectivity index (χ2v) is 6.75. The first-order valence-electron chi connectivity index (χ1n) is 6.98. The van der Waals surface area contributed by atoms with Crippen LogP contribution in [0.2, 0.25) is 0 Å². The van der Waals surface area contributed by atoms with Gasteiger partial charge in [-0.25, -0.2) is 0 Å². The van der Waals surface area contributed by atoms with Crippen molar-refractivity contribution in [2.24, 2.45) is 5.92 Å². The molecule has 3 rings (SSSR count). The summed E-state index contributed by atoms with van der Waals surface area (Å²) in [7, 11) is 0. The fraction of sp³-hybridized carbons (Fsp3) is 0.533. The molecule has 1 atom stereocenters. The molecule has 1 aromatic rings. The molecule has 0 aromatic heterocycles. The highest BCUT2D eigenvalue weighted by molar-refractivity contribution is 8.00. The first kappa shape index (κ1) is 12.9. The van der Waals surface area contributed by atoms with Gasteiger partial charge in [0.2, 0.25) is 5.91 Å². The van der Waals surface area contributed by atoms with Crippen LogP contribution in [-0.4, -0.2) is 28.4 Å². The minimum absolute atomic E-state index is 0.186. The quantitative estimate of drug-likeness (QED) is 0.841. The second kappa shape index (κ2) is 5.45. The van der Waals surface area contributed by atoms with Gasteiger partial charge < -0.3 is 10.6 Å². The van der Waals surface area contributed by atoms with E-state index < -0.39 is 0 Å². The third kappa shape index (κ3) is 3.06. The van der Waals surface area contributed by atoms with Gasteiger partial charge in [0, 0.05) is 18.8 Å². The SMILES string of the molecule is Nc1ccccc1CN1CCC(SCC2CC2)C1=O. The molecule has 1 aromatic carbocycles. The number of hydrogen-bond acceptors (Lipinski definition) is 3. The zero-order valence-electron chi connectivity index (χ0n) is 11.0. The number of rotatable bonds is 5. The van der Waals surface area contributed by atoms with Gasteiger partial charge in [-0.1, -0.05) is 18.2 Å². The molecule has 2 fully saturated rings. The van der Waals surface area contributed by atoms with Crippen molar-refractivity contribution in [2.75, 3.05) is 18.0 Å². The van der Waals surface area contributed by atoms with E-state index in [1.54, 1.807) is 0 Å². The lowest BCUT2D eigenvalue weighted by Crippen LogP contribution is -2.28. The monoisotopic (exact) mass is 276 g/mol. The van der Waals surface area contributed by atoms with Gasteiger partial charge in [-0.15, -0.1) is 11.8 Å². The second-order valence-electron chi connectivity index (χ2n) is 5.51. The molecular weight excluding hydrogens is 256 g/mol. The van der Waals surface area contributed by atoms with Crippen molar-refractivity contribution in [1.82, 2.24) is 4.90 Å². The van der Waals surface area contributed by atoms with Crippen LogP contribution < -0.4 is 5.73 Å². The number of amides is 1. The Hall–Kier alpha value is -1.16. The number of nitrogens with two attached hydrogens (primary N) is 1. The Balaban J connectivity index is 1.57. The number of nitrogen functional groups attached to an aromatic ring is 1. The molecule has 2 aliphatic rings. The standard InChI is InChI=1S/C15H20N2OS/c16-13-4-2-1-3-12(13)9-17-8-7-14(15(17)18)19-10-11-5-6-11/h1-4,11,14H,5-10,16H2. The molecule has 0 spiro atoms. The third-order valence-electron chi connectivity index (χ3n) is 3.89. The molecule has 102 valence electrons. The van der Waals surface area contributed by atoms with Gasteiger partial charge in [-0.2, -0.15) is 0 Å². The normalized spacial score (nSPS) is 23.1. The Kier molecular flexibility index (Phi) is 3.69. The third-order valence-corrected chi connectivity index (χ3v) is 5.40. The number of hydrogen-bond donors (Lipinski definition) is 1. The molecule has 1 saturated carbocycles. The summed E-state index contributed by atoms with van der Waals surface area (Å²) >= 11 is 1.86. The van der Waals surface area contributed by atoms with Gasteiger partial charge in [0.1, 0.15) is 0 Å². The summed E-state index contributed by atoms with van der Waals surface area (Å²) < 4.78 is 0. The fourth-order valence-corrected chi connectivity index (χ4v) is 3.84. The summed E-state index contributed by atoms with van der Waals surface area (Å²) in [6.45, 7) is 1.53. The Morgan fingerprint density at radius 1 is 1.26 bits per heavy atom. The molecule has 1 saturated heterocycles. The predicted molar refractivity (Wildman–Crippen MR) is 79.9 cm³/mol. The molecule has 0 radical (unpaired) electrons. The number of para-hydroxylation sites is 1. The van der Waals surface area contributed by atoms with E-state index in [2.05, 4.69) is 0 Å². The highest BCUT2D eigenvalue weighted by Gasteiger charge is 2.33. The summed E-state index contributed by atoms with van der Waals surface area (Å²) in [4.78, 5) is 14.3. The van der Waals surface area contributed by atoms with E-state index in [-0.39, 0.29) is 5.25 Å². The molecule has 0 bridgehead atoms. The maximum Gasteiger partial charge on any atom is 0.236 e. The Morgan fingerprint density at radius 3 is 2.79 bits per heavy atom. The molecule has 1 aliphatic heterocycles. The lowest BCUT2D eigenvalue weighted by Gasteiger charge is -2.17. The van der Waals surface area contributed by atoms with Gasteiger partial charge in [0.15, 0.2) is 0 Å². The van der Waals surface area contributed by atoms with Crippen LogP contribution in [0.3, 0.4) is 0 Å². The number of benzene rings is 1. The van der Waals surface area contributed by atoms with Crippen molar-refractivity contribution < 1.29 is 4.79 Å². The molecule has 1 heterocycles. The van der Waals surface area contributed by atoms with Gasteiger partial charge in [0.05, 0.1) is 5.25 Å². The van der Waals surface area contributed by atoms with Crippen molar-refractivity contribution in [3.8, 4) is 0 Å². The van der Waals surface area contributed by atoms with E-state index >= 15 is 0 Å². The number of carbonyl (C=O) groups excluding carboxylic acids is 1. The van der Waals surface area contributed by atoms with Crippen LogP contribution in [0.1, 0.15) is 24.8 Å². The van der Waals surface area contributed by atoms with Crippen molar-refractivity contribution >= 4 is 23.4 Å². The smallest absolute Gasteiger partial charge is 0.236 e. The molecular formula is C15H20N2OS. The van der Waals surface area contributed by atoms with Crippen LogP contribution in [0, 0.1) is 5.92 Å². The van der Waals surface area contributed by atoms with E-state index in [4.69, 9.17) is 5.73 Å². The van der Waals surface area contributed by atoms with Crippen molar-refractivity contribution in [3.63, 3.8) is 0 Å². The van der Waals surface area contributed by atoms with Crippen LogP contribution in [0.4, 0.5) is 5.69 Å². The highest BCUT2D eigenvalue weighted by atomic mass is 32.2. The maximum atomic E-state index is 12.3. The maximum absolute atomic E-state index is 12.3. The van der Waals surface area contributed by atoms with Gasteiger partial charge in [-0.05, 0) is 42.6 Å². The fourth-order valence-electron chi connectivity index (χ4n) is 2.44. The predicted octanol–water partition coefficient (Wildman–Crippen LogP) is 2.51. The van der Waals surface area contributed by atoms with Gasteiger partial charge >= 0.3 is 0 Å². The van der Waals surface area contributed by atoms with Crippen LogP contribution >= 0.6 is 11.8 Å². The summed E-state index contributed by atoms with van der Waals surface area (Å²) in [5.74, 6) is 2.35. The summed E-state index contributed by atoms with van der Waals surface area (Å²) in [6.07, 6.45) is 3.71. The Bertz CT molecular complexity index is 473. The number of carbonyl (C=O) groups is 1. The number of anilines is 1. The van der Waals surface area contributed by atoms with E-state index in [9.17, 15) is 4.79 Å². The number of nitrogens with zero attached hydrogens (tertiary/aromatic N) is 1. The van der Waals surface area contributed by atoms with Crippen LogP contribution in [0.25, 0.3) is 0 Å². The summed E-state index contributed by atoms with van der Waals surface area (Å²) in [6, 6.07) is 7.81. The first-order valence-corrected chi connectivity index (χ1v) is 8.02. The Labute approximate surface area is 118 Å². The van der Waals surface area contributed by atoms with Gasteiger partial charge in [-0.3, -0.25) is 4.79 Å². The largest absolute Gasteiger partial charge is 0.398 e. The molecule has 4 heteroatoms. The van der Waals surface area contributed by atoms with Crippen molar-refractivity contribution in [1.29, 1.82) is 0 Å². The summed E-state index contributed by atoms with van der Waals surface area (Å²) in [5, 5.41) is 0.186. The lowest BCUT2D eigenvalue weighted by molar-refractivity contribution is -0.127. The number of likely N-dealkylation sites (tertiary alicyclic amines) is 1. The molecule has 3 nitrogen and oxygen atoms in total. The molecule has 1 amide bonds. The molecule has 19 heavy (non-hydrogen) atoms. The van der Waals surface area contributed by atoms with Crippen LogP contribution in [0.5, 0.6) is 0 Å².